The zero-order chi connectivity index (χ0) is 15.9. The summed E-state index contributed by atoms with van der Waals surface area (Å²) >= 11 is 0. The second kappa shape index (κ2) is 4.92. The molecule has 1 aliphatic rings. The van der Waals surface area contributed by atoms with E-state index in [0.717, 1.165) is 12.1 Å². The maximum Gasteiger partial charge on any atom is 0.261 e. The van der Waals surface area contributed by atoms with Crippen molar-refractivity contribution in [3.63, 3.8) is 0 Å². The van der Waals surface area contributed by atoms with E-state index >= 15 is 0 Å². The van der Waals surface area contributed by atoms with Gasteiger partial charge < -0.3 is 15.5 Å². The lowest BCUT2D eigenvalue weighted by Crippen LogP contribution is -2.36. The van der Waals surface area contributed by atoms with Crippen LogP contribution in [-0.2, 0) is 10.4 Å². The largest absolute Gasteiger partial charge is 0.507 e. The number of Topliss-reactive ketones (excluding diaryl/α,β-unsaturated/α-hetero) is 1. The predicted molar refractivity (Wildman–Crippen MR) is 76.0 cm³/mol. The number of aliphatic hydroxyl groups is 1. The number of carbonyl (C=O) groups is 2. The molecule has 0 spiro atoms. The number of aromatic hydroxyl groups is 1. The molecule has 2 aromatic carbocycles. The van der Waals surface area contributed by atoms with Crippen LogP contribution >= 0.6 is 0 Å². The minimum absolute atomic E-state index is 0.00595. The Balaban J connectivity index is 1.98. The normalized spacial score (nSPS) is 19.6. The molecule has 1 amide bonds. The Morgan fingerprint density at radius 2 is 1.95 bits per heavy atom. The van der Waals surface area contributed by atoms with E-state index in [1.165, 1.54) is 18.2 Å². The first-order valence-electron chi connectivity index (χ1n) is 6.57. The van der Waals surface area contributed by atoms with Crippen molar-refractivity contribution in [3.05, 3.63) is 59.4 Å². The van der Waals surface area contributed by atoms with Gasteiger partial charge in [0.15, 0.2) is 11.4 Å². The third kappa shape index (κ3) is 2.14. The SMILES string of the molecule is O=C(CC1(O)C(=O)Nc2ccc(F)cc21)c1ccccc1O. The van der Waals surface area contributed by atoms with Crippen molar-refractivity contribution in [2.45, 2.75) is 12.0 Å². The van der Waals surface area contributed by atoms with Crippen LogP contribution in [0.4, 0.5) is 10.1 Å². The smallest absolute Gasteiger partial charge is 0.261 e. The summed E-state index contributed by atoms with van der Waals surface area (Å²) in [6.45, 7) is 0. The van der Waals surface area contributed by atoms with Crippen LogP contribution < -0.4 is 5.32 Å². The lowest BCUT2D eigenvalue weighted by atomic mass is 9.88. The van der Waals surface area contributed by atoms with Gasteiger partial charge in [-0.25, -0.2) is 4.39 Å². The number of halogens is 1. The van der Waals surface area contributed by atoms with Crippen molar-refractivity contribution in [3.8, 4) is 5.75 Å². The summed E-state index contributed by atoms with van der Waals surface area (Å²) in [5.41, 5.74) is -1.88. The molecule has 3 N–H and O–H groups in total. The van der Waals surface area contributed by atoms with Gasteiger partial charge in [0.2, 0.25) is 0 Å². The molecule has 1 atom stereocenters. The van der Waals surface area contributed by atoms with Crippen molar-refractivity contribution >= 4 is 17.4 Å². The number of amides is 1. The first-order chi connectivity index (χ1) is 10.4. The van der Waals surface area contributed by atoms with E-state index < -0.39 is 29.5 Å². The van der Waals surface area contributed by atoms with Crippen molar-refractivity contribution in [1.82, 2.24) is 0 Å². The second-order valence-electron chi connectivity index (χ2n) is 5.12. The number of phenolic OH excluding ortho intramolecular Hbond substituents is 1. The minimum atomic E-state index is -2.16. The minimum Gasteiger partial charge on any atom is -0.507 e. The summed E-state index contributed by atoms with van der Waals surface area (Å²) in [7, 11) is 0. The molecule has 3 rings (SSSR count). The van der Waals surface area contributed by atoms with E-state index in [9.17, 15) is 24.2 Å². The molecule has 6 heteroatoms. The number of anilines is 1. The summed E-state index contributed by atoms with van der Waals surface area (Å²) in [6, 6.07) is 9.32. The maximum absolute atomic E-state index is 13.4. The van der Waals surface area contributed by atoms with Crippen LogP contribution in [0.25, 0.3) is 0 Å². The number of carbonyl (C=O) groups excluding carboxylic acids is 2. The van der Waals surface area contributed by atoms with Crippen molar-refractivity contribution in [2.24, 2.45) is 0 Å². The van der Waals surface area contributed by atoms with Gasteiger partial charge in [-0.05, 0) is 30.3 Å². The van der Waals surface area contributed by atoms with Crippen molar-refractivity contribution in [2.75, 3.05) is 5.32 Å². The molecule has 2 aromatic rings. The van der Waals surface area contributed by atoms with Gasteiger partial charge in [-0.15, -0.1) is 0 Å². The molecule has 0 bridgehead atoms. The maximum atomic E-state index is 13.4. The molecule has 22 heavy (non-hydrogen) atoms. The van der Waals surface area contributed by atoms with Crippen LogP contribution in [0.5, 0.6) is 5.75 Å². The molecule has 0 aromatic heterocycles. The highest BCUT2D eigenvalue weighted by atomic mass is 19.1. The Kier molecular flexibility index (Phi) is 3.18. The fourth-order valence-corrected chi connectivity index (χ4v) is 2.53. The van der Waals surface area contributed by atoms with E-state index in [0.29, 0.717) is 0 Å². The van der Waals surface area contributed by atoms with Gasteiger partial charge >= 0.3 is 0 Å². The Bertz CT molecular complexity index is 789. The fourth-order valence-electron chi connectivity index (χ4n) is 2.53. The quantitative estimate of drug-likeness (QED) is 0.756. The van der Waals surface area contributed by atoms with Crippen LogP contribution in [0.3, 0.4) is 0 Å². The van der Waals surface area contributed by atoms with Gasteiger partial charge in [0.25, 0.3) is 5.91 Å². The van der Waals surface area contributed by atoms with Gasteiger partial charge in [-0.2, -0.15) is 0 Å². The Hall–Kier alpha value is -2.73. The number of phenols is 1. The van der Waals surface area contributed by atoms with Crippen molar-refractivity contribution in [1.29, 1.82) is 0 Å². The number of rotatable bonds is 3. The molecule has 0 aliphatic carbocycles. The topological polar surface area (TPSA) is 86.6 Å². The fraction of sp³-hybridized carbons (Fsp3) is 0.125. The van der Waals surface area contributed by atoms with E-state index in [4.69, 9.17) is 0 Å². The Morgan fingerprint density at radius 1 is 1.23 bits per heavy atom. The van der Waals surface area contributed by atoms with Gasteiger partial charge in [0.05, 0.1) is 12.0 Å². The van der Waals surface area contributed by atoms with Gasteiger partial charge in [0, 0.05) is 11.3 Å². The number of ketones is 1. The molecular weight excluding hydrogens is 289 g/mol. The molecule has 0 radical (unpaired) electrons. The standard InChI is InChI=1S/C16H12FNO4/c17-9-5-6-12-11(7-9)16(22,15(21)18-12)8-14(20)10-3-1-2-4-13(10)19/h1-7,19,22H,8H2,(H,18,21). The molecular formula is C16H12FNO4. The molecule has 5 nitrogen and oxygen atoms in total. The summed E-state index contributed by atoms with van der Waals surface area (Å²) in [6.07, 6.45) is -0.590. The first-order valence-corrected chi connectivity index (χ1v) is 6.57. The van der Waals surface area contributed by atoms with Crippen molar-refractivity contribution < 1.29 is 24.2 Å². The predicted octanol–water partition coefficient (Wildman–Crippen LogP) is 1.94. The van der Waals surface area contributed by atoms with E-state index in [-0.39, 0.29) is 22.6 Å². The molecule has 1 aliphatic heterocycles. The number of benzene rings is 2. The molecule has 112 valence electrons. The first kappa shape index (κ1) is 14.2. The van der Waals surface area contributed by atoms with Gasteiger partial charge in [-0.3, -0.25) is 9.59 Å². The Labute approximate surface area is 125 Å². The number of fused-ring (bicyclic) bond motifs is 1. The average Bonchev–Trinajstić information content (AvgIpc) is 2.71. The monoisotopic (exact) mass is 301 g/mol. The number of hydrogen-bond donors (Lipinski definition) is 3. The highest BCUT2D eigenvalue weighted by Crippen LogP contribution is 2.39. The molecule has 1 unspecified atom stereocenters. The average molecular weight is 301 g/mol. The van der Waals surface area contributed by atoms with Crippen LogP contribution in [0, 0.1) is 5.82 Å². The van der Waals surface area contributed by atoms with Crippen LogP contribution in [-0.4, -0.2) is 21.9 Å². The summed E-state index contributed by atoms with van der Waals surface area (Å²) in [5, 5.41) is 22.7. The van der Waals surface area contributed by atoms with E-state index in [2.05, 4.69) is 5.32 Å². The van der Waals surface area contributed by atoms with Crippen LogP contribution in [0.2, 0.25) is 0 Å². The lowest BCUT2D eigenvalue weighted by Gasteiger charge is -2.20. The molecule has 0 saturated heterocycles. The zero-order valence-electron chi connectivity index (χ0n) is 11.3. The number of para-hydroxylation sites is 1. The lowest BCUT2D eigenvalue weighted by molar-refractivity contribution is -0.133. The highest BCUT2D eigenvalue weighted by molar-refractivity contribution is 6.09. The molecule has 0 saturated carbocycles. The zero-order valence-corrected chi connectivity index (χ0v) is 11.3. The van der Waals surface area contributed by atoms with Crippen LogP contribution in [0.1, 0.15) is 22.3 Å². The van der Waals surface area contributed by atoms with Gasteiger partial charge in [0.1, 0.15) is 11.6 Å². The van der Waals surface area contributed by atoms with Crippen LogP contribution in [0.15, 0.2) is 42.5 Å². The van der Waals surface area contributed by atoms with E-state index in [1.807, 2.05) is 0 Å². The molecule has 0 fully saturated rings. The highest BCUT2D eigenvalue weighted by Gasteiger charge is 2.47. The number of hydrogen-bond acceptors (Lipinski definition) is 4. The third-order valence-corrected chi connectivity index (χ3v) is 3.67. The second-order valence-corrected chi connectivity index (χ2v) is 5.12. The molecule has 1 heterocycles. The Morgan fingerprint density at radius 3 is 2.68 bits per heavy atom. The third-order valence-electron chi connectivity index (χ3n) is 3.67. The summed E-state index contributed by atoms with van der Waals surface area (Å²) in [4.78, 5) is 24.3. The number of nitrogens with one attached hydrogen (secondary N) is 1. The summed E-state index contributed by atoms with van der Waals surface area (Å²) < 4.78 is 13.4. The van der Waals surface area contributed by atoms with E-state index in [1.54, 1.807) is 12.1 Å². The summed E-state index contributed by atoms with van der Waals surface area (Å²) in [5.74, 6) is -2.28. The van der Waals surface area contributed by atoms with Gasteiger partial charge in [-0.1, -0.05) is 12.1 Å².